The highest BCUT2D eigenvalue weighted by Crippen LogP contribution is 2.19. The lowest BCUT2D eigenvalue weighted by Gasteiger charge is -2.35. The normalized spacial score (nSPS) is 18.6. The number of nitrogens with zero attached hydrogens (tertiary/aromatic N) is 6. The third-order valence-electron chi connectivity index (χ3n) is 5.51. The molecule has 0 bridgehead atoms. The lowest BCUT2D eigenvalue weighted by molar-refractivity contribution is 0.0691. The standard InChI is InChI=1S/C20H26N6O/c1-16-5-8-26(9-6-16)20(27)17-14-23-19(15-22-17)25-12-10-24(11-13-25)18-4-2-3-7-21-18/h2-4,7,14-16H,5-6,8-13H2,1H3. The van der Waals surface area contributed by atoms with Crippen molar-refractivity contribution < 1.29 is 4.79 Å². The van der Waals surface area contributed by atoms with E-state index in [0.717, 1.165) is 63.7 Å². The van der Waals surface area contributed by atoms with E-state index >= 15 is 0 Å². The van der Waals surface area contributed by atoms with Crippen LogP contribution in [0.1, 0.15) is 30.3 Å². The first kappa shape index (κ1) is 17.7. The van der Waals surface area contributed by atoms with Crippen LogP contribution in [0.3, 0.4) is 0 Å². The fourth-order valence-corrected chi connectivity index (χ4v) is 3.67. The van der Waals surface area contributed by atoms with Gasteiger partial charge in [-0.25, -0.2) is 15.0 Å². The third kappa shape index (κ3) is 4.02. The predicted octanol–water partition coefficient (Wildman–Crippen LogP) is 2.07. The van der Waals surface area contributed by atoms with Gasteiger partial charge in [0.1, 0.15) is 17.3 Å². The van der Waals surface area contributed by atoms with Gasteiger partial charge in [-0.15, -0.1) is 0 Å². The van der Waals surface area contributed by atoms with Crippen LogP contribution in [0.15, 0.2) is 36.8 Å². The Morgan fingerprint density at radius 1 is 0.889 bits per heavy atom. The maximum atomic E-state index is 12.6. The summed E-state index contributed by atoms with van der Waals surface area (Å²) >= 11 is 0. The maximum Gasteiger partial charge on any atom is 0.274 e. The first-order valence-electron chi connectivity index (χ1n) is 9.73. The van der Waals surface area contributed by atoms with Crippen molar-refractivity contribution in [3.63, 3.8) is 0 Å². The monoisotopic (exact) mass is 366 g/mol. The van der Waals surface area contributed by atoms with Gasteiger partial charge in [0.05, 0.1) is 12.4 Å². The van der Waals surface area contributed by atoms with E-state index in [0.29, 0.717) is 11.6 Å². The zero-order valence-corrected chi connectivity index (χ0v) is 15.8. The zero-order valence-electron chi connectivity index (χ0n) is 15.8. The molecule has 0 atom stereocenters. The number of piperidine rings is 1. The van der Waals surface area contributed by atoms with Gasteiger partial charge in [0, 0.05) is 45.5 Å². The van der Waals surface area contributed by atoms with Crippen molar-refractivity contribution in [1.82, 2.24) is 19.9 Å². The highest BCUT2D eigenvalue weighted by molar-refractivity contribution is 5.92. The number of anilines is 2. The minimum Gasteiger partial charge on any atom is -0.353 e. The molecule has 0 spiro atoms. The molecule has 2 saturated heterocycles. The minimum atomic E-state index is 0.000853. The van der Waals surface area contributed by atoms with Gasteiger partial charge in [0.25, 0.3) is 5.91 Å². The zero-order chi connectivity index (χ0) is 18.6. The van der Waals surface area contributed by atoms with E-state index in [-0.39, 0.29) is 5.91 Å². The summed E-state index contributed by atoms with van der Waals surface area (Å²) in [6, 6.07) is 5.98. The molecule has 7 heteroatoms. The molecule has 27 heavy (non-hydrogen) atoms. The molecule has 0 aliphatic carbocycles. The lowest BCUT2D eigenvalue weighted by Crippen LogP contribution is -2.47. The van der Waals surface area contributed by atoms with Gasteiger partial charge < -0.3 is 14.7 Å². The van der Waals surface area contributed by atoms with Gasteiger partial charge in [-0.3, -0.25) is 4.79 Å². The van der Waals surface area contributed by atoms with Crippen molar-refractivity contribution in [3.8, 4) is 0 Å². The summed E-state index contributed by atoms with van der Waals surface area (Å²) < 4.78 is 0. The van der Waals surface area contributed by atoms with Gasteiger partial charge in [-0.2, -0.15) is 0 Å². The van der Waals surface area contributed by atoms with Crippen LogP contribution in [0.4, 0.5) is 11.6 Å². The molecule has 4 heterocycles. The van der Waals surface area contributed by atoms with Crippen LogP contribution in [0.5, 0.6) is 0 Å². The smallest absolute Gasteiger partial charge is 0.274 e. The highest BCUT2D eigenvalue weighted by atomic mass is 16.2. The first-order chi connectivity index (χ1) is 13.2. The molecule has 4 rings (SSSR count). The highest BCUT2D eigenvalue weighted by Gasteiger charge is 2.23. The predicted molar refractivity (Wildman–Crippen MR) is 105 cm³/mol. The largest absolute Gasteiger partial charge is 0.353 e. The van der Waals surface area contributed by atoms with Crippen molar-refractivity contribution in [3.05, 3.63) is 42.5 Å². The number of rotatable bonds is 3. The van der Waals surface area contributed by atoms with Crippen molar-refractivity contribution in [2.45, 2.75) is 19.8 Å². The molecule has 0 N–H and O–H groups in total. The van der Waals surface area contributed by atoms with Crippen molar-refractivity contribution in [2.75, 3.05) is 49.1 Å². The number of aromatic nitrogens is 3. The second-order valence-electron chi connectivity index (χ2n) is 7.40. The molecule has 0 saturated carbocycles. The van der Waals surface area contributed by atoms with Crippen LogP contribution in [-0.4, -0.2) is 65.0 Å². The summed E-state index contributed by atoms with van der Waals surface area (Å²) in [5.74, 6) is 2.55. The van der Waals surface area contributed by atoms with Crippen LogP contribution >= 0.6 is 0 Å². The number of hydrogen-bond donors (Lipinski definition) is 0. The summed E-state index contributed by atoms with van der Waals surface area (Å²) in [6.07, 6.45) is 7.32. The summed E-state index contributed by atoms with van der Waals surface area (Å²) in [7, 11) is 0. The molecule has 2 aliphatic rings. The van der Waals surface area contributed by atoms with Crippen LogP contribution in [-0.2, 0) is 0 Å². The van der Waals surface area contributed by atoms with Crippen LogP contribution in [0, 0.1) is 5.92 Å². The summed E-state index contributed by atoms with van der Waals surface area (Å²) in [4.78, 5) is 32.3. The molecule has 142 valence electrons. The van der Waals surface area contributed by atoms with E-state index in [1.165, 1.54) is 0 Å². The number of amides is 1. The molecule has 0 radical (unpaired) electrons. The molecule has 2 aromatic heterocycles. The maximum absolute atomic E-state index is 12.6. The Hall–Kier alpha value is -2.70. The summed E-state index contributed by atoms with van der Waals surface area (Å²) in [5, 5.41) is 0. The van der Waals surface area contributed by atoms with Crippen LogP contribution in [0.2, 0.25) is 0 Å². The molecule has 0 aromatic carbocycles. The van der Waals surface area contributed by atoms with E-state index in [4.69, 9.17) is 0 Å². The fraction of sp³-hybridized carbons (Fsp3) is 0.500. The Morgan fingerprint density at radius 2 is 1.59 bits per heavy atom. The Balaban J connectivity index is 1.35. The van der Waals surface area contributed by atoms with Crippen LogP contribution < -0.4 is 9.80 Å². The van der Waals surface area contributed by atoms with Gasteiger partial charge in [-0.1, -0.05) is 13.0 Å². The van der Waals surface area contributed by atoms with Crippen LogP contribution in [0.25, 0.3) is 0 Å². The molecule has 0 unspecified atom stereocenters. The Labute approximate surface area is 160 Å². The number of piperazine rings is 1. The molecule has 1 amide bonds. The second-order valence-corrected chi connectivity index (χ2v) is 7.40. The quantitative estimate of drug-likeness (QED) is 0.829. The SMILES string of the molecule is CC1CCN(C(=O)c2cnc(N3CCN(c4ccccn4)CC3)cn2)CC1. The van der Waals surface area contributed by atoms with E-state index in [1.54, 1.807) is 12.4 Å². The van der Waals surface area contributed by atoms with Gasteiger partial charge in [-0.05, 0) is 30.9 Å². The molecule has 2 aliphatic heterocycles. The van der Waals surface area contributed by atoms with Gasteiger partial charge in [0.2, 0.25) is 0 Å². The number of carbonyl (C=O) groups is 1. The van der Waals surface area contributed by atoms with Crippen molar-refractivity contribution in [1.29, 1.82) is 0 Å². The average Bonchev–Trinajstić information content (AvgIpc) is 2.75. The Bertz CT molecular complexity index is 750. The number of hydrogen-bond acceptors (Lipinski definition) is 6. The number of carbonyl (C=O) groups excluding carboxylic acids is 1. The molecular weight excluding hydrogens is 340 g/mol. The van der Waals surface area contributed by atoms with Gasteiger partial charge in [0.15, 0.2) is 0 Å². The third-order valence-corrected chi connectivity index (χ3v) is 5.51. The second kappa shape index (κ2) is 7.90. The van der Waals surface area contributed by atoms with Crippen molar-refractivity contribution in [2.24, 2.45) is 5.92 Å². The minimum absolute atomic E-state index is 0.000853. The van der Waals surface area contributed by atoms with E-state index in [9.17, 15) is 4.79 Å². The number of likely N-dealkylation sites (tertiary alicyclic amines) is 1. The molecule has 7 nitrogen and oxygen atoms in total. The first-order valence-corrected chi connectivity index (χ1v) is 9.73. The fourth-order valence-electron chi connectivity index (χ4n) is 3.67. The molecular formula is C20H26N6O. The lowest BCUT2D eigenvalue weighted by atomic mass is 9.99. The van der Waals surface area contributed by atoms with Gasteiger partial charge >= 0.3 is 0 Å². The average molecular weight is 366 g/mol. The Kier molecular flexibility index (Phi) is 5.18. The topological polar surface area (TPSA) is 65.5 Å². The van der Waals surface area contributed by atoms with E-state index in [1.807, 2.05) is 29.3 Å². The van der Waals surface area contributed by atoms with Crippen molar-refractivity contribution >= 4 is 17.5 Å². The van der Waals surface area contributed by atoms with E-state index in [2.05, 4.69) is 31.7 Å². The summed E-state index contributed by atoms with van der Waals surface area (Å²) in [6.45, 7) is 7.39. The summed E-state index contributed by atoms with van der Waals surface area (Å²) in [5.41, 5.74) is 0.445. The molecule has 2 fully saturated rings. The molecule has 2 aromatic rings. The number of pyridine rings is 1. The van der Waals surface area contributed by atoms with E-state index < -0.39 is 0 Å². The Morgan fingerprint density at radius 3 is 2.19 bits per heavy atom.